The van der Waals surface area contributed by atoms with Gasteiger partial charge in [-0.25, -0.2) is 18.4 Å². The molecule has 184 valence electrons. The predicted molar refractivity (Wildman–Crippen MR) is 135 cm³/mol. The van der Waals surface area contributed by atoms with Crippen LogP contribution in [-0.2, 0) is 21.4 Å². The molecular formula is C23H19BrN6O5S. The van der Waals surface area contributed by atoms with Gasteiger partial charge in [0.1, 0.15) is 17.6 Å². The third-order valence-electron chi connectivity index (χ3n) is 5.51. The Morgan fingerprint density at radius 3 is 2.83 bits per heavy atom. The Hall–Kier alpha value is -3.97. The van der Waals surface area contributed by atoms with Crippen LogP contribution >= 0.6 is 15.9 Å². The summed E-state index contributed by atoms with van der Waals surface area (Å²) in [6, 6.07) is 9.92. The highest BCUT2D eigenvalue weighted by Gasteiger charge is 2.21. The zero-order valence-electron chi connectivity index (χ0n) is 18.8. The van der Waals surface area contributed by atoms with Crippen molar-refractivity contribution in [3.8, 4) is 5.75 Å². The normalized spacial score (nSPS) is 13.0. The zero-order valence-corrected chi connectivity index (χ0v) is 21.2. The van der Waals surface area contributed by atoms with Crippen molar-refractivity contribution in [2.45, 2.75) is 18.4 Å². The van der Waals surface area contributed by atoms with Crippen LogP contribution in [0.4, 0.5) is 11.4 Å². The number of carbonyl (C=O) groups is 2. The van der Waals surface area contributed by atoms with E-state index in [1.807, 2.05) is 6.92 Å². The molecule has 11 nitrogen and oxygen atoms in total. The first-order chi connectivity index (χ1) is 17.2. The summed E-state index contributed by atoms with van der Waals surface area (Å²) < 4.78 is 34.3. The van der Waals surface area contributed by atoms with Crippen molar-refractivity contribution in [1.29, 1.82) is 0 Å². The van der Waals surface area contributed by atoms with Gasteiger partial charge >= 0.3 is 0 Å². The lowest BCUT2D eigenvalue weighted by molar-refractivity contribution is -0.118. The summed E-state index contributed by atoms with van der Waals surface area (Å²) in [4.78, 5) is 35.6. The fourth-order valence-corrected chi connectivity index (χ4v) is 5.25. The van der Waals surface area contributed by atoms with Crippen LogP contribution in [0.25, 0.3) is 11.0 Å². The third kappa shape index (κ3) is 4.62. The Bertz CT molecular complexity index is 1640. The van der Waals surface area contributed by atoms with Gasteiger partial charge in [-0.05, 0) is 42.3 Å². The lowest BCUT2D eigenvalue weighted by Gasteiger charge is -2.18. The van der Waals surface area contributed by atoms with Gasteiger partial charge in [-0.15, -0.1) is 0 Å². The minimum Gasteiger partial charge on any atom is -0.482 e. The number of amides is 2. The number of aryl methyl sites for hydroxylation is 1. The lowest BCUT2D eigenvalue weighted by Crippen LogP contribution is -2.26. The van der Waals surface area contributed by atoms with Crippen LogP contribution < -0.4 is 20.1 Å². The summed E-state index contributed by atoms with van der Waals surface area (Å²) >= 11 is 3.35. The molecule has 2 amide bonds. The van der Waals surface area contributed by atoms with Crippen LogP contribution in [0.1, 0.15) is 21.6 Å². The number of ether oxygens (including phenoxy) is 1. The SMILES string of the molecule is Cc1ccc(S(=O)(=O)Nc2c[nH]c3c(C(=O)NCc4ccc5c(c4)NC(=O)CO5)ncnc23)cc1Br. The van der Waals surface area contributed by atoms with Gasteiger partial charge in [0.25, 0.3) is 21.8 Å². The molecule has 13 heteroatoms. The van der Waals surface area contributed by atoms with Crippen LogP contribution in [0.3, 0.4) is 0 Å². The molecule has 2 aromatic heterocycles. The Kier molecular flexibility index (Phi) is 6.10. The molecule has 0 unspecified atom stereocenters. The predicted octanol–water partition coefficient (Wildman–Crippen LogP) is 3.09. The number of carbonyl (C=O) groups excluding carboxylic acids is 2. The van der Waals surface area contributed by atoms with Gasteiger partial charge in [-0.1, -0.05) is 28.1 Å². The van der Waals surface area contributed by atoms with Gasteiger partial charge in [0.2, 0.25) is 0 Å². The molecule has 1 aliphatic heterocycles. The Morgan fingerprint density at radius 2 is 2.03 bits per heavy atom. The number of H-pyrrole nitrogens is 1. The number of fused-ring (bicyclic) bond motifs is 2. The molecule has 4 aromatic rings. The van der Waals surface area contributed by atoms with E-state index < -0.39 is 15.9 Å². The number of hydrogen-bond acceptors (Lipinski definition) is 7. The van der Waals surface area contributed by atoms with E-state index in [-0.39, 0.29) is 46.4 Å². The molecule has 4 N–H and O–H groups in total. The first-order valence-electron chi connectivity index (χ1n) is 10.7. The molecule has 0 aliphatic carbocycles. The standard InChI is InChI=1S/C23H19BrN6O5S/c1-12-2-4-14(7-15(12)24)36(33,34)30-17-9-25-21-20(17)27-11-28-22(21)23(32)26-8-13-3-5-18-16(6-13)29-19(31)10-35-18/h2-7,9,11,25,30H,8,10H2,1H3,(H,26,32)(H,29,31). The molecule has 1 aliphatic rings. The third-order valence-corrected chi connectivity index (χ3v) is 7.72. The first-order valence-corrected chi connectivity index (χ1v) is 12.9. The van der Waals surface area contributed by atoms with E-state index in [2.05, 4.69) is 46.2 Å². The van der Waals surface area contributed by atoms with Crippen molar-refractivity contribution >= 4 is 60.2 Å². The van der Waals surface area contributed by atoms with Crippen molar-refractivity contribution in [2.75, 3.05) is 16.6 Å². The molecule has 0 saturated heterocycles. The smallest absolute Gasteiger partial charge is 0.272 e. The van der Waals surface area contributed by atoms with E-state index in [1.165, 1.54) is 24.7 Å². The van der Waals surface area contributed by atoms with Gasteiger partial charge < -0.3 is 20.4 Å². The molecule has 36 heavy (non-hydrogen) atoms. The molecule has 0 radical (unpaired) electrons. The Balaban J connectivity index is 1.35. The van der Waals surface area contributed by atoms with Gasteiger partial charge in [-0.2, -0.15) is 0 Å². The van der Waals surface area contributed by atoms with Crippen molar-refractivity contribution in [1.82, 2.24) is 20.3 Å². The number of nitrogens with one attached hydrogen (secondary N) is 4. The summed E-state index contributed by atoms with van der Waals surface area (Å²) in [6.45, 7) is 1.98. The summed E-state index contributed by atoms with van der Waals surface area (Å²) in [7, 11) is -3.91. The van der Waals surface area contributed by atoms with Crippen molar-refractivity contribution < 1.29 is 22.7 Å². The number of sulfonamides is 1. The van der Waals surface area contributed by atoms with Crippen LogP contribution in [0.5, 0.6) is 5.75 Å². The molecule has 0 saturated carbocycles. The minimum atomic E-state index is -3.91. The maximum absolute atomic E-state index is 12.9. The zero-order chi connectivity index (χ0) is 25.4. The summed E-state index contributed by atoms with van der Waals surface area (Å²) in [5.41, 5.74) is 2.94. The van der Waals surface area contributed by atoms with Gasteiger partial charge in [0.05, 0.1) is 21.8 Å². The molecule has 3 heterocycles. The average molecular weight is 571 g/mol. The number of anilines is 2. The van der Waals surface area contributed by atoms with Gasteiger partial charge in [0, 0.05) is 17.2 Å². The molecule has 0 spiro atoms. The number of aromatic amines is 1. The van der Waals surface area contributed by atoms with Crippen molar-refractivity contribution in [3.05, 3.63) is 70.2 Å². The highest BCUT2D eigenvalue weighted by Crippen LogP contribution is 2.29. The topological polar surface area (TPSA) is 155 Å². The summed E-state index contributed by atoms with van der Waals surface area (Å²) in [6.07, 6.45) is 2.61. The number of benzene rings is 2. The minimum absolute atomic E-state index is 0.0380. The summed E-state index contributed by atoms with van der Waals surface area (Å²) in [5.74, 6) is -0.180. The second kappa shape index (κ2) is 9.24. The summed E-state index contributed by atoms with van der Waals surface area (Å²) in [5, 5.41) is 5.50. The molecule has 0 atom stereocenters. The fraction of sp³-hybridized carbons (Fsp3) is 0.130. The average Bonchev–Trinajstić information content (AvgIpc) is 3.26. The van der Waals surface area contributed by atoms with E-state index in [1.54, 1.807) is 24.3 Å². The molecule has 5 rings (SSSR count). The number of nitrogens with zero attached hydrogens (tertiary/aromatic N) is 2. The van der Waals surface area contributed by atoms with Gasteiger partial charge in [-0.3, -0.25) is 14.3 Å². The highest BCUT2D eigenvalue weighted by molar-refractivity contribution is 9.10. The number of hydrogen-bond donors (Lipinski definition) is 4. The Labute approximate surface area is 213 Å². The molecular weight excluding hydrogens is 552 g/mol. The van der Waals surface area contributed by atoms with Crippen LogP contribution in [-0.4, -0.2) is 41.8 Å². The molecule has 0 fully saturated rings. The van der Waals surface area contributed by atoms with E-state index in [0.717, 1.165) is 11.1 Å². The lowest BCUT2D eigenvalue weighted by atomic mass is 10.1. The highest BCUT2D eigenvalue weighted by atomic mass is 79.9. The monoisotopic (exact) mass is 570 g/mol. The number of halogens is 1. The van der Waals surface area contributed by atoms with Crippen molar-refractivity contribution in [2.24, 2.45) is 0 Å². The maximum Gasteiger partial charge on any atom is 0.272 e. The van der Waals surface area contributed by atoms with Crippen molar-refractivity contribution in [3.63, 3.8) is 0 Å². The number of rotatable bonds is 6. The van der Waals surface area contributed by atoms with E-state index in [4.69, 9.17) is 4.74 Å². The fourth-order valence-electron chi connectivity index (χ4n) is 3.64. The second-order valence-electron chi connectivity index (χ2n) is 8.01. The van der Waals surface area contributed by atoms with Crippen LogP contribution in [0.2, 0.25) is 0 Å². The molecule has 0 bridgehead atoms. The maximum atomic E-state index is 12.9. The van der Waals surface area contributed by atoms with E-state index in [9.17, 15) is 18.0 Å². The van der Waals surface area contributed by atoms with Crippen LogP contribution in [0.15, 0.2) is 58.3 Å². The van der Waals surface area contributed by atoms with E-state index in [0.29, 0.717) is 15.9 Å². The molecule has 2 aromatic carbocycles. The van der Waals surface area contributed by atoms with Crippen LogP contribution in [0, 0.1) is 6.92 Å². The quantitative estimate of drug-likeness (QED) is 0.277. The first kappa shape index (κ1) is 23.8. The second-order valence-corrected chi connectivity index (χ2v) is 10.6. The van der Waals surface area contributed by atoms with E-state index >= 15 is 0 Å². The number of aromatic nitrogens is 3. The Morgan fingerprint density at radius 1 is 1.19 bits per heavy atom. The largest absolute Gasteiger partial charge is 0.482 e. The van der Waals surface area contributed by atoms with Gasteiger partial charge in [0.15, 0.2) is 12.3 Å².